The quantitative estimate of drug-likeness (QED) is 0.512. The molecule has 1 heterocycles. The van der Waals surface area contributed by atoms with Gasteiger partial charge in [0, 0.05) is 5.41 Å². The van der Waals surface area contributed by atoms with Crippen molar-refractivity contribution in [2.45, 2.75) is 38.2 Å². The van der Waals surface area contributed by atoms with E-state index in [4.69, 9.17) is 4.74 Å². The molecule has 1 aliphatic heterocycles. The maximum atomic E-state index is 11.8. The second-order valence-corrected chi connectivity index (χ2v) is 5.43. The lowest BCUT2D eigenvalue weighted by molar-refractivity contribution is -0.209. The number of carbonyl (C=O) groups is 2. The van der Waals surface area contributed by atoms with Crippen LogP contribution in [0.5, 0.6) is 0 Å². The fraction of sp³-hybridized carbons (Fsp3) is 0.692. The summed E-state index contributed by atoms with van der Waals surface area (Å²) in [7, 11) is 1.29. The molecule has 0 N–H and O–H groups in total. The van der Waals surface area contributed by atoms with Gasteiger partial charge in [-0.05, 0) is 31.6 Å². The Balaban J connectivity index is 2.07. The van der Waals surface area contributed by atoms with Gasteiger partial charge in [0.25, 0.3) is 0 Å². The van der Waals surface area contributed by atoms with Crippen molar-refractivity contribution in [1.29, 1.82) is 0 Å². The topological polar surface area (TPSA) is 52.6 Å². The summed E-state index contributed by atoms with van der Waals surface area (Å²) in [5, 5.41) is 0. The molecule has 92 valence electrons. The summed E-state index contributed by atoms with van der Waals surface area (Å²) in [6.45, 7) is 2.16. The smallest absolute Gasteiger partial charge is 0.345 e. The fourth-order valence-corrected chi connectivity index (χ4v) is 3.99. The van der Waals surface area contributed by atoms with Crippen molar-refractivity contribution in [2.75, 3.05) is 7.11 Å². The summed E-state index contributed by atoms with van der Waals surface area (Å²) in [5.74, 6) is -0.622. The second kappa shape index (κ2) is 3.12. The van der Waals surface area contributed by atoms with Crippen molar-refractivity contribution in [3.8, 4) is 0 Å². The molecule has 0 aromatic carbocycles. The summed E-state index contributed by atoms with van der Waals surface area (Å²) in [6, 6.07) is 0. The molecule has 4 nitrogen and oxygen atoms in total. The molecule has 2 saturated carbocycles. The van der Waals surface area contributed by atoms with Crippen LogP contribution in [0.2, 0.25) is 0 Å². The minimum absolute atomic E-state index is 0.0802. The van der Waals surface area contributed by atoms with Crippen molar-refractivity contribution in [1.82, 2.24) is 0 Å². The Morgan fingerprint density at radius 2 is 2.29 bits per heavy atom. The lowest BCUT2D eigenvalue weighted by Gasteiger charge is -2.59. The highest BCUT2D eigenvalue weighted by molar-refractivity contribution is 6.14. The summed E-state index contributed by atoms with van der Waals surface area (Å²) in [6.07, 6.45) is 5.74. The summed E-state index contributed by atoms with van der Waals surface area (Å²) >= 11 is 0. The molecule has 2 aliphatic carbocycles. The third-order valence-corrected chi connectivity index (χ3v) is 4.85. The lowest BCUT2D eigenvalue weighted by Crippen LogP contribution is -2.63. The number of carbonyl (C=O) groups excluding carboxylic acids is 2. The highest BCUT2D eigenvalue weighted by atomic mass is 16.6. The third kappa shape index (κ3) is 1.08. The van der Waals surface area contributed by atoms with Gasteiger partial charge in [0.1, 0.15) is 11.2 Å². The molecular formula is C13H16O4. The Labute approximate surface area is 100.0 Å². The Bertz CT molecular complexity index is 439. The summed E-state index contributed by atoms with van der Waals surface area (Å²) in [4.78, 5) is 23.4. The average Bonchev–Trinajstić information content (AvgIpc) is 2.60. The van der Waals surface area contributed by atoms with Crippen molar-refractivity contribution < 1.29 is 19.1 Å². The fourth-order valence-electron chi connectivity index (χ4n) is 3.99. The molecule has 0 radical (unpaired) electrons. The Morgan fingerprint density at radius 1 is 1.53 bits per heavy atom. The first-order valence-corrected chi connectivity index (χ1v) is 6.09. The first-order valence-electron chi connectivity index (χ1n) is 6.09. The van der Waals surface area contributed by atoms with Gasteiger partial charge in [0.15, 0.2) is 0 Å². The Morgan fingerprint density at radius 3 is 2.94 bits per heavy atom. The number of hydrogen-bond acceptors (Lipinski definition) is 4. The van der Waals surface area contributed by atoms with Crippen LogP contribution in [0.3, 0.4) is 0 Å². The molecule has 17 heavy (non-hydrogen) atoms. The zero-order valence-corrected chi connectivity index (χ0v) is 10.1. The van der Waals surface area contributed by atoms with Crippen LogP contribution in [0.15, 0.2) is 11.6 Å². The van der Waals surface area contributed by atoms with Gasteiger partial charge >= 0.3 is 11.9 Å². The molecule has 0 bridgehead atoms. The molecule has 0 aromatic rings. The van der Waals surface area contributed by atoms with Crippen LogP contribution in [0.1, 0.15) is 32.6 Å². The van der Waals surface area contributed by atoms with Crippen molar-refractivity contribution in [2.24, 2.45) is 11.3 Å². The highest BCUT2D eigenvalue weighted by Crippen LogP contribution is 2.68. The first kappa shape index (κ1) is 10.8. The predicted octanol–water partition coefficient (Wildman–Crippen LogP) is 1.59. The van der Waals surface area contributed by atoms with E-state index in [1.807, 2.05) is 6.08 Å². The van der Waals surface area contributed by atoms with Crippen LogP contribution in [0.4, 0.5) is 0 Å². The molecule has 2 fully saturated rings. The van der Waals surface area contributed by atoms with Crippen molar-refractivity contribution >= 4 is 11.9 Å². The van der Waals surface area contributed by atoms with Gasteiger partial charge in [0.2, 0.25) is 0 Å². The normalized spacial score (nSPS) is 42.8. The average molecular weight is 236 g/mol. The highest BCUT2D eigenvalue weighted by Gasteiger charge is 2.69. The number of hydrogen-bond donors (Lipinski definition) is 0. The molecule has 4 heteroatoms. The van der Waals surface area contributed by atoms with Crippen LogP contribution in [0.25, 0.3) is 0 Å². The molecular weight excluding hydrogens is 220 g/mol. The van der Waals surface area contributed by atoms with Gasteiger partial charge in [-0.2, -0.15) is 0 Å². The molecule has 0 spiro atoms. The zero-order valence-electron chi connectivity index (χ0n) is 10.1. The molecule has 3 atom stereocenters. The van der Waals surface area contributed by atoms with Crippen LogP contribution in [0, 0.1) is 11.3 Å². The van der Waals surface area contributed by atoms with E-state index < -0.39 is 11.9 Å². The maximum absolute atomic E-state index is 11.8. The molecule has 3 aliphatic rings. The predicted molar refractivity (Wildman–Crippen MR) is 59.0 cm³/mol. The van der Waals surface area contributed by atoms with E-state index in [1.165, 1.54) is 7.11 Å². The maximum Gasteiger partial charge on any atom is 0.345 e. The van der Waals surface area contributed by atoms with Crippen molar-refractivity contribution in [3.63, 3.8) is 0 Å². The summed E-state index contributed by atoms with van der Waals surface area (Å²) in [5.41, 5.74) is -0.345. The van der Waals surface area contributed by atoms with Crippen LogP contribution < -0.4 is 0 Å². The minimum Gasteiger partial charge on any atom is -0.465 e. The zero-order chi connectivity index (χ0) is 12.3. The van der Waals surface area contributed by atoms with Crippen LogP contribution in [-0.2, 0) is 19.1 Å². The van der Waals surface area contributed by atoms with Gasteiger partial charge in [0.05, 0.1) is 7.11 Å². The summed E-state index contributed by atoms with van der Waals surface area (Å²) < 4.78 is 10.2. The van der Waals surface area contributed by atoms with Crippen LogP contribution >= 0.6 is 0 Å². The third-order valence-electron chi connectivity index (χ3n) is 4.85. The van der Waals surface area contributed by atoms with Gasteiger partial charge in [-0.25, -0.2) is 9.59 Å². The lowest BCUT2D eigenvalue weighted by atomic mass is 9.50. The van der Waals surface area contributed by atoms with Gasteiger partial charge in [-0.3, -0.25) is 0 Å². The molecule has 0 aromatic heterocycles. The second-order valence-electron chi connectivity index (χ2n) is 5.43. The first-order chi connectivity index (χ1) is 8.05. The van der Waals surface area contributed by atoms with E-state index in [9.17, 15) is 9.59 Å². The van der Waals surface area contributed by atoms with E-state index in [-0.39, 0.29) is 16.6 Å². The number of methoxy groups -OCH3 is 1. The van der Waals surface area contributed by atoms with Gasteiger partial charge < -0.3 is 9.47 Å². The largest absolute Gasteiger partial charge is 0.465 e. The van der Waals surface area contributed by atoms with E-state index in [1.54, 1.807) is 0 Å². The van der Waals surface area contributed by atoms with E-state index >= 15 is 0 Å². The SMILES string of the molecule is COC(=O)C1=CC23CCCC2(C[C@H]3C)OC1=O. The number of rotatable bonds is 1. The molecule has 3 rings (SSSR count). The van der Waals surface area contributed by atoms with Crippen molar-refractivity contribution in [3.05, 3.63) is 11.6 Å². The Kier molecular flexibility index (Phi) is 1.98. The molecule has 2 unspecified atom stereocenters. The van der Waals surface area contributed by atoms with Crippen LogP contribution in [-0.4, -0.2) is 24.6 Å². The standard InChI is InChI=1S/C13H16O4/c1-8-6-13-5-3-4-12(8,13)7-9(10(14)16-2)11(15)17-13/h7-8H,3-6H2,1-2H3/t8-,12?,13?/m1/s1. The van der Waals surface area contributed by atoms with E-state index in [2.05, 4.69) is 11.7 Å². The van der Waals surface area contributed by atoms with E-state index in [0.717, 1.165) is 25.7 Å². The molecule has 0 saturated heterocycles. The van der Waals surface area contributed by atoms with Gasteiger partial charge in [-0.1, -0.05) is 13.0 Å². The van der Waals surface area contributed by atoms with E-state index in [0.29, 0.717) is 5.92 Å². The molecule has 0 amide bonds. The number of ether oxygens (including phenoxy) is 2. The van der Waals surface area contributed by atoms with Gasteiger partial charge in [-0.15, -0.1) is 0 Å². The monoisotopic (exact) mass is 236 g/mol. The Hall–Kier alpha value is -1.32. The number of esters is 2. The minimum atomic E-state index is -0.580.